The van der Waals surface area contributed by atoms with Crippen LogP contribution in [0, 0.1) is 5.82 Å². The van der Waals surface area contributed by atoms with Crippen molar-refractivity contribution < 1.29 is 12.8 Å². The third-order valence-corrected chi connectivity index (χ3v) is 5.52. The molecule has 0 spiro atoms. The highest BCUT2D eigenvalue weighted by Crippen LogP contribution is 2.18. The Hall–Kier alpha value is -0.650. The SMILES string of the molecule is I.NC(=NCCNS(=O)(=O)c1ccc(Cl)cc1F)N1CCCCCC1. The molecule has 1 aliphatic rings. The van der Waals surface area contributed by atoms with Gasteiger partial charge in [-0.15, -0.1) is 24.0 Å². The van der Waals surface area contributed by atoms with E-state index in [2.05, 4.69) is 9.71 Å². The zero-order valence-corrected chi connectivity index (χ0v) is 17.7. The average Bonchev–Trinajstić information content (AvgIpc) is 2.80. The van der Waals surface area contributed by atoms with Crippen molar-refractivity contribution in [1.29, 1.82) is 0 Å². The number of nitrogens with two attached hydrogens (primary N) is 1. The Morgan fingerprint density at radius 1 is 1.28 bits per heavy atom. The van der Waals surface area contributed by atoms with Gasteiger partial charge in [-0.1, -0.05) is 24.4 Å². The first-order valence-corrected chi connectivity index (χ1v) is 9.76. The molecule has 1 saturated heterocycles. The smallest absolute Gasteiger partial charge is 0.243 e. The predicted molar refractivity (Wildman–Crippen MR) is 109 cm³/mol. The van der Waals surface area contributed by atoms with Crippen LogP contribution in [0.1, 0.15) is 25.7 Å². The van der Waals surface area contributed by atoms with Crippen LogP contribution in [0.15, 0.2) is 28.1 Å². The van der Waals surface area contributed by atoms with Gasteiger partial charge in [0.2, 0.25) is 10.0 Å². The Bertz CT molecular complexity index is 695. The molecular weight excluding hydrogens is 482 g/mol. The van der Waals surface area contributed by atoms with Gasteiger partial charge in [-0.2, -0.15) is 0 Å². The van der Waals surface area contributed by atoms with Crippen LogP contribution < -0.4 is 10.5 Å². The Balaban J connectivity index is 0.00000312. The average molecular weight is 505 g/mol. The van der Waals surface area contributed by atoms with Gasteiger partial charge in [0.15, 0.2) is 5.96 Å². The first-order valence-electron chi connectivity index (χ1n) is 7.90. The van der Waals surface area contributed by atoms with Crippen LogP contribution in [0.4, 0.5) is 4.39 Å². The highest BCUT2D eigenvalue weighted by molar-refractivity contribution is 14.0. The molecule has 1 aromatic rings. The minimum absolute atomic E-state index is 0. The summed E-state index contributed by atoms with van der Waals surface area (Å²) in [4.78, 5) is 5.78. The summed E-state index contributed by atoms with van der Waals surface area (Å²) < 4.78 is 40.2. The molecule has 0 aromatic heterocycles. The van der Waals surface area contributed by atoms with E-state index >= 15 is 0 Å². The lowest BCUT2D eigenvalue weighted by Crippen LogP contribution is -2.38. The molecule has 0 bridgehead atoms. The molecule has 142 valence electrons. The van der Waals surface area contributed by atoms with Gasteiger partial charge >= 0.3 is 0 Å². The molecule has 1 fully saturated rings. The van der Waals surface area contributed by atoms with Crippen molar-refractivity contribution in [2.24, 2.45) is 10.7 Å². The van der Waals surface area contributed by atoms with Crippen LogP contribution in [-0.2, 0) is 10.0 Å². The van der Waals surface area contributed by atoms with Crippen LogP contribution in [0.2, 0.25) is 5.02 Å². The number of rotatable bonds is 5. The molecule has 3 N–H and O–H groups in total. The molecule has 1 heterocycles. The summed E-state index contributed by atoms with van der Waals surface area (Å²) in [6, 6.07) is 3.43. The lowest BCUT2D eigenvalue weighted by molar-refractivity contribution is 0.428. The van der Waals surface area contributed by atoms with Crippen LogP contribution in [-0.4, -0.2) is 45.5 Å². The molecule has 0 unspecified atom stereocenters. The van der Waals surface area contributed by atoms with Crippen molar-refractivity contribution in [3.05, 3.63) is 29.0 Å². The van der Waals surface area contributed by atoms with E-state index in [1.165, 1.54) is 18.9 Å². The van der Waals surface area contributed by atoms with Crippen molar-refractivity contribution in [2.45, 2.75) is 30.6 Å². The molecule has 0 atom stereocenters. The van der Waals surface area contributed by atoms with Gasteiger partial charge in [-0.3, -0.25) is 4.99 Å². The van der Waals surface area contributed by atoms with Crippen LogP contribution in [0.25, 0.3) is 0 Å². The second kappa shape index (κ2) is 10.5. The number of aliphatic imine (C=N–C) groups is 1. The van der Waals surface area contributed by atoms with Crippen molar-refractivity contribution in [3.63, 3.8) is 0 Å². The maximum Gasteiger partial charge on any atom is 0.243 e. The number of halogens is 3. The lowest BCUT2D eigenvalue weighted by Gasteiger charge is -2.21. The normalized spacial score (nSPS) is 16.2. The second-order valence-electron chi connectivity index (χ2n) is 5.61. The van der Waals surface area contributed by atoms with E-state index in [0.717, 1.165) is 38.1 Å². The summed E-state index contributed by atoms with van der Waals surface area (Å²) in [6.45, 7) is 1.98. The molecule has 0 radical (unpaired) electrons. The van der Waals surface area contributed by atoms with Gasteiger partial charge in [0.25, 0.3) is 0 Å². The molecule has 1 aromatic carbocycles. The molecule has 0 amide bonds. The van der Waals surface area contributed by atoms with E-state index in [-0.39, 0.29) is 42.1 Å². The predicted octanol–water partition coefficient (Wildman–Crippen LogP) is 2.57. The van der Waals surface area contributed by atoms with Gasteiger partial charge in [-0.25, -0.2) is 17.5 Å². The minimum Gasteiger partial charge on any atom is -0.370 e. The third kappa shape index (κ3) is 6.87. The Morgan fingerprint density at radius 2 is 1.92 bits per heavy atom. The molecule has 2 rings (SSSR count). The maximum absolute atomic E-state index is 13.7. The largest absolute Gasteiger partial charge is 0.370 e. The van der Waals surface area contributed by atoms with E-state index in [9.17, 15) is 12.8 Å². The van der Waals surface area contributed by atoms with Crippen molar-refractivity contribution >= 4 is 51.6 Å². The Kier molecular flexibility index (Phi) is 9.39. The van der Waals surface area contributed by atoms with Crippen LogP contribution >= 0.6 is 35.6 Å². The van der Waals surface area contributed by atoms with Gasteiger partial charge in [0, 0.05) is 24.7 Å². The zero-order valence-electron chi connectivity index (χ0n) is 13.7. The van der Waals surface area contributed by atoms with Crippen LogP contribution in [0.5, 0.6) is 0 Å². The van der Waals surface area contributed by atoms with Gasteiger partial charge in [0.05, 0.1) is 6.54 Å². The second-order valence-corrected chi connectivity index (χ2v) is 7.79. The van der Waals surface area contributed by atoms with Crippen molar-refractivity contribution in [1.82, 2.24) is 9.62 Å². The summed E-state index contributed by atoms with van der Waals surface area (Å²) >= 11 is 5.62. The van der Waals surface area contributed by atoms with Crippen molar-refractivity contribution in [3.8, 4) is 0 Å². The fourth-order valence-corrected chi connectivity index (χ4v) is 3.76. The monoisotopic (exact) mass is 504 g/mol. The zero-order chi connectivity index (χ0) is 17.6. The quantitative estimate of drug-likeness (QED) is 0.279. The first-order chi connectivity index (χ1) is 11.4. The van der Waals surface area contributed by atoms with Crippen molar-refractivity contribution in [2.75, 3.05) is 26.2 Å². The highest BCUT2D eigenvalue weighted by Gasteiger charge is 2.18. The molecule has 25 heavy (non-hydrogen) atoms. The number of nitrogens with zero attached hydrogens (tertiary/aromatic N) is 2. The molecule has 10 heteroatoms. The molecule has 0 saturated carbocycles. The van der Waals surface area contributed by atoms with E-state index in [0.29, 0.717) is 5.96 Å². The molecule has 0 aliphatic carbocycles. The number of benzene rings is 1. The number of sulfonamides is 1. The Labute approximate surface area is 170 Å². The topological polar surface area (TPSA) is 87.8 Å². The first kappa shape index (κ1) is 22.4. The van der Waals surface area contributed by atoms with E-state index in [1.54, 1.807) is 0 Å². The van der Waals surface area contributed by atoms with E-state index < -0.39 is 20.7 Å². The number of nitrogens with one attached hydrogen (secondary N) is 1. The molecule has 6 nitrogen and oxygen atoms in total. The Morgan fingerprint density at radius 3 is 2.52 bits per heavy atom. The number of hydrogen-bond donors (Lipinski definition) is 2. The standard InChI is InChI=1S/C15H22ClFN4O2S.HI/c16-12-5-6-14(13(17)11-12)24(22,23)20-8-7-19-15(18)21-9-3-1-2-4-10-21;/h5-6,11,20H,1-4,7-10H2,(H2,18,19);1H. The fourth-order valence-electron chi connectivity index (χ4n) is 2.52. The highest BCUT2D eigenvalue weighted by atomic mass is 127. The maximum atomic E-state index is 13.7. The van der Waals surface area contributed by atoms with Gasteiger partial charge in [-0.05, 0) is 31.0 Å². The summed E-state index contributed by atoms with van der Waals surface area (Å²) in [5, 5.41) is 0.140. The number of hydrogen-bond acceptors (Lipinski definition) is 3. The third-order valence-electron chi connectivity index (χ3n) is 3.79. The minimum atomic E-state index is -3.94. The van der Waals surface area contributed by atoms with Gasteiger partial charge < -0.3 is 10.6 Å². The number of likely N-dealkylation sites (tertiary alicyclic amines) is 1. The molecular formula is C15H23ClFIN4O2S. The van der Waals surface area contributed by atoms with E-state index in [1.807, 2.05) is 4.90 Å². The summed E-state index contributed by atoms with van der Waals surface area (Å²) in [6.07, 6.45) is 4.55. The van der Waals surface area contributed by atoms with Crippen LogP contribution in [0.3, 0.4) is 0 Å². The summed E-state index contributed by atoms with van der Waals surface area (Å²) in [7, 11) is -3.94. The number of guanidine groups is 1. The van der Waals surface area contributed by atoms with Gasteiger partial charge in [0.1, 0.15) is 10.7 Å². The summed E-state index contributed by atoms with van der Waals surface area (Å²) in [5.74, 6) is -0.462. The summed E-state index contributed by atoms with van der Waals surface area (Å²) in [5.41, 5.74) is 5.94. The fraction of sp³-hybridized carbons (Fsp3) is 0.533. The van der Waals surface area contributed by atoms with E-state index in [4.69, 9.17) is 17.3 Å². The molecule has 1 aliphatic heterocycles. The lowest BCUT2D eigenvalue weighted by atomic mass is 10.2.